The molecule has 0 aromatic rings. The molecule has 0 aromatic heterocycles. The minimum Gasteiger partial charge on any atom is -0.475 e. The van der Waals surface area contributed by atoms with E-state index >= 15 is 0 Å². The van der Waals surface area contributed by atoms with Crippen LogP contribution in [-0.4, -0.2) is 23.3 Å². The van der Waals surface area contributed by atoms with Gasteiger partial charge in [0.25, 0.3) is 0 Å². The zero-order valence-electron chi connectivity index (χ0n) is 11.5. The summed E-state index contributed by atoms with van der Waals surface area (Å²) in [6.45, 7) is 7.02. The summed E-state index contributed by atoms with van der Waals surface area (Å²) in [4.78, 5) is 8.90. The van der Waals surface area contributed by atoms with Gasteiger partial charge in [0.1, 0.15) is 0 Å². The lowest BCUT2D eigenvalue weighted by Gasteiger charge is -2.30. The fourth-order valence-corrected chi connectivity index (χ4v) is 2.13. The number of aliphatic carboxylic acids is 1. The van der Waals surface area contributed by atoms with E-state index in [1.165, 1.54) is 25.7 Å². The van der Waals surface area contributed by atoms with E-state index in [-0.39, 0.29) is 0 Å². The first kappa shape index (κ1) is 18.2. The molecule has 1 fully saturated rings. The first-order valence-corrected chi connectivity index (χ1v) is 6.30. The molecule has 0 amide bonds. The maximum Gasteiger partial charge on any atom is 0.490 e. The van der Waals surface area contributed by atoms with E-state index in [9.17, 15) is 13.2 Å². The predicted molar refractivity (Wildman–Crippen MR) is 66.2 cm³/mol. The van der Waals surface area contributed by atoms with E-state index in [1.54, 1.807) is 0 Å². The van der Waals surface area contributed by atoms with Gasteiger partial charge in [-0.2, -0.15) is 13.2 Å². The van der Waals surface area contributed by atoms with Crippen LogP contribution in [0.25, 0.3) is 0 Å². The Labute approximate surface area is 111 Å². The van der Waals surface area contributed by atoms with Crippen LogP contribution in [0.2, 0.25) is 0 Å². The molecule has 0 spiro atoms. The Kier molecular flexibility index (Phi) is 6.79. The van der Waals surface area contributed by atoms with Gasteiger partial charge in [-0.3, -0.25) is 11.3 Å². The summed E-state index contributed by atoms with van der Waals surface area (Å²) < 4.78 is 31.7. The highest BCUT2D eigenvalue weighted by Gasteiger charge is 2.38. The quantitative estimate of drug-likeness (QED) is 0.550. The molecule has 1 rings (SSSR count). The second kappa shape index (κ2) is 7.09. The molecule has 0 heterocycles. The van der Waals surface area contributed by atoms with Gasteiger partial charge in [0.05, 0.1) is 0 Å². The van der Waals surface area contributed by atoms with Crippen LogP contribution in [0.1, 0.15) is 46.5 Å². The third-order valence-corrected chi connectivity index (χ3v) is 3.93. The highest BCUT2D eigenvalue weighted by atomic mass is 19.4. The van der Waals surface area contributed by atoms with Crippen molar-refractivity contribution in [3.05, 3.63) is 0 Å². The molecule has 4 nitrogen and oxygen atoms in total. The molecule has 1 saturated carbocycles. The summed E-state index contributed by atoms with van der Waals surface area (Å²) in [5.41, 5.74) is 3.40. The van der Waals surface area contributed by atoms with Crippen LogP contribution in [0.4, 0.5) is 13.2 Å². The van der Waals surface area contributed by atoms with Crippen LogP contribution in [0, 0.1) is 11.3 Å². The summed E-state index contributed by atoms with van der Waals surface area (Å²) >= 11 is 0. The average Bonchev–Trinajstić information content (AvgIpc) is 2.77. The number of hydrogen-bond donors (Lipinski definition) is 3. The fourth-order valence-electron chi connectivity index (χ4n) is 2.13. The maximum atomic E-state index is 10.6. The van der Waals surface area contributed by atoms with Crippen molar-refractivity contribution in [3.63, 3.8) is 0 Å². The molecule has 1 aliphatic carbocycles. The lowest BCUT2D eigenvalue weighted by molar-refractivity contribution is -0.192. The molecule has 0 radical (unpaired) electrons. The molecule has 114 valence electrons. The molecule has 2 atom stereocenters. The molecule has 1 aliphatic rings. The van der Waals surface area contributed by atoms with Crippen LogP contribution < -0.4 is 11.3 Å². The molecule has 0 saturated heterocycles. The van der Waals surface area contributed by atoms with Gasteiger partial charge >= 0.3 is 12.1 Å². The number of nitrogens with one attached hydrogen (secondary N) is 1. The third kappa shape index (κ3) is 6.24. The van der Waals surface area contributed by atoms with Crippen LogP contribution in [0.15, 0.2) is 0 Å². The number of hydrogen-bond acceptors (Lipinski definition) is 3. The SMILES string of the molecule is CCC(C)(C)C1CCC(NN)C1.O=C(O)C(F)(F)F. The number of carbonyl (C=O) groups is 1. The minimum absolute atomic E-state index is 0.506. The van der Waals surface area contributed by atoms with Gasteiger partial charge in [0.2, 0.25) is 0 Å². The Balaban J connectivity index is 0.000000399. The number of rotatable bonds is 3. The monoisotopic (exact) mass is 284 g/mol. The number of carboxylic acids is 1. The first-order chi connectivity index (χ1) is 8.54. The molecule has 7 heteroatoms. The Hall–Kier alpha value is -0.820. The number of hydrazine groups is 1. The minimum atomic E-state index is -5.08. The molecule has 0 bridgehead atoms. The van der Waals surface area contributed by atoms with Gasteiger partial charge in [-0.1, -0.05) is 27.2 Å². The molecule has 2 unspecified atom stereocenters. The topological polar surface area (TPSA) is 75.3 Å². The molecule has 4 N–H and O–H groups in total. The fraction of sp³-hybridized carbons (Fsp3) is 0.917. The maximum absolute atomic E-state index is 10.6. The van der Waals surface area contributed by atoms with Gasteiger partial charge < -0.3 is 5.11 Å². The second-order valence-corrected chi connectivity index (χ2v) is 5.52. The van der Waals surface area contributed by atoms with E-state index in [2.05, 4.69) is 26.2 Å². The summed E-state index contributed by atoms with van der Waals surface area (Å²) in [5, 5.41) is 7.12. The Morgan fingerprint density at radius 1 is 1.37 bits per heavy atom. The van der Waals surface area contributed by atoms with E-state index in [4.69, 9.17) is 15.7 Å². The highest BCUT2D eigenvalue weighted by Crippen LogP contribution is 2.41. The lowest BCUT2D eigenvalue weighted by Crippen LogP contribution is -2.33. The predicted octanol–water partition coefficient (Wildman–Crippen LogP) is 2.69. The van der Waals surface area contributed by atoms with Crippen LogP contribution in [0.3, 0.4) is 0 Å². The molecule has 0 aromatic carbocycles. The van der Waals surface area contributed by atoms with Crippen LogP contribution in [0.5, 0.6) is 0 Å². The smallest absolute Gasteiger partial charge is 0.475 e. The van der Waals surface area contributed by atoms with Crippen molar-refractivity contribution in [2.75, 3.05) is 0 Å². The van der Waals surface area contributed by atoms with Crippen molar-refractivity contribution in [1.82, 2.24) is 5.43 Å². The molecule has 0 aliphatic heterocycles. The number of carboxylic acid groups (broad SMARTS) is 1. The Morgan fingerprint density at radius 3 is 2.11 bits per heavy atom. The summed E-state index contributed by atoms with van der Waals surface area (Å²) in [6.07, 6.45) is 0.0482. The normalized spacial score (nSPS) is 23.7. The standard InChI is InChI=1S/C10H22N2.C2HF3O2/c1-4-10(2,3)8-5-6-9(7-8)12-11;3-2(4,5)1(6)7/h8-9,12H,4-7,11H2,1-3H3;(H,6,7). The van der Waals surface area contributed by atoms with E-state index in [0.29, 0.717) is 11.5 Å². The molecule has 19 heavy (non-hydrogen) atoms. The van der Waals surface area contributed by atoms with Gasteiger partial charge in [0, 0.05) is 6.04 Å². The van der Waals surface area contributed by atoms with Gasteiger partial charge in [-0.05, 0) is 30.6 Å². The Morgan fingerprint density at radius 2 is 1.84 bits per heavy atom. The van der Waals surface area contributed by atoms with Gasteiger partial charge in [0.15, 0.2) is 0 Å². The largest absolute Gasteiger partial charge is 0.490 e. The molecular weight excluding hydrogens is 261 g/mol. The molecular formula is C12H23F3N2O2. The second-order valence-electron chi connectivity index (χ2n) is 5.52. The first-order valence-electron chi connectivity index (χ1n) is 6.30. The summed E-state index contributed by atoms with van der Waals surface area (Å²) in [7, 11) is 0. The highest BCUT2D eigenvalue weighted by molar-refractivity contribution is 5.73. The lowest BCUT2D eigenvalue weighted by atomic mass is 9.76. The zero-order valence-corrected chi connectivity index (χ0v) is 11.5. The third-order valence-electron chi connectivity index (χ3n) is 3.93. The van der Waals surface area contributed by atoms with Crippen LogP contribution >= 0.6 is 0 Å². The number of alkyl halides is 3. The zero-order chi connectivity index (χ0) is 15.3. The van der Waals surface area contributed by atoms with Gasteiger partial charge in [-0.25, -0.2) is 4.79 Å². The summed E-state index contributed by atoms with van der Waals surface area (Å²) in [6, 6.07) is 0.570. The Bertz CT molecular complexity index is 293. The van der Waals surface area contributed by atoms with Crippen molar-refractivity contribution in [2.24, 2.45) is 17.2 Å². The van der Waals surface area contributed by atoms with Crippen molar-refractivity contribution >= 4 is 5.97 Å². The van der Waals surface area contributed by atoms with Crippen LogP contribution in [-0.2, 0) is 4.79 Å². The summed E-state index contributed by atoms with van der Waals surface area (Å²) in [5.74, 6) is 3.54. The van der Waals surface area contributed by atoms with E-state index in [1.807, 2.05) is 0 Å². The average molecular weight is 284 g/mol. The van der Waals surface area contributed by atoms with Crippen molar-refractivity contribution in [3.8, 4) is 0 Å². The van der Waals surface area contributed by atoms with E-state index in [0.717, 1.165) is 5.92 Å². The van der Waals surface area contributed by atoms with Crippen molar-refractivity contribution < 1.29 is 23.1 Å². The van der Waals surface area contributed by atoms with Crippen molar-refractivity contribution in [1.29, 1.82) is 0 Å². The van der Waals surface area contributed by atoms with Gasteiger partial charge in [-0.15, -0.1) is 0 Å². The number of halogens is 3. The van der Waals surface area contributed by atoms with Crippen molar-refractivity contribution in [2.45, 2.75) is 58.7 Å². The number of nitrogens with two attached hydrogens (primary N) is 1. The van der Waals surface area contributed by atoms with E-state index < -0.39 is 12.1 Å².